The zero-order valence-electron chi connectivity index (χ0n) is 6.23. The number of amides is 2. The molecule has 0 bridgehead atoms. The number of urea groups is 1. The summed E-state index contributed by atoms with van der Waals surface area (Å²) in [5, 5.41) is 5.14. The van der Waals surface area contributed by atoms with Crippen molar-refractivity contribution in [3.05, 3.63) is 0 Å². The number of carbonyl (C=O) groups excluding carboxylic acids is 2. The van der Waals surface area contributed by atoms with E-state index in [9.17, 15) is 9.59 Å². The molecule has 0 atom stereocenters. The molecule has 4 heteroatoms. The van der Waals surface area contributed by atoms with Crippen molar-refractivity contribution in [2.45, 2.75) is 13.8 Å². The predicted octanol–water partition coefficient (Wildman–Crippen LogP) is -0.106. The first-order chi connectivity index (χ1) is 4.63. The van der Waals surface area contributed by atoms with Crippen LogP contribution in [-0.4, -0.2) is 24.9 Å². The third-order valence-corrected chi connectivity index (χ3v) is 0.696. The van der Waals surface area contributed by atoms with Crippen LogP contribution in [-0.2, 0) is 4.79 Å². The van der Waals surface area contributed by atoms with E-state index in [1.165, 1.54) is 13.8 Å². The van der Waals surface area contributed by atoms with Crippen molar-refractivity contribution in [1.29, 1.82) is 0 Å². The topological polar surface area (TPSA) is 58.2 Å². The fourth-order valence-electron chi connectivity index (χ4n) is 0.415. The molecular weight excluding hydrogens is 132 g/mol. The smallest absolute Gasteiger partial charge is 0.314 e. The lowest BCUT2D eigenvalue weighted by Crippen LogP contribution is -2.20. The maximum Gasteiger partial charge on any atom is 0.314 e. The average Bonchev–Trinajstić information content (AvgIpc) is 2.15. The predicted molar refractivity (Wildman–Crippen MR) is 37.8 cm³/mol. The largest absolute Gasteiger partial charge is 0.336 e. The summed E-state index contributed by atoms with van der Waals surface area (Å²) in [5.41, 5.74) is 0. The molecule has 0 aromatic carbocycles. The van der Waals surface area contributed by atoms with Gasteiger partial charge in [-0.1, -0.05) is 0 Å². The minimum Gasteiger partial charge on any atom is -0.336 e. The van der Waals surface area contributed by atoms with E-state index in [4.69, 9.17) is 0 Å². The van der Waals surface area contributed by atoms with E-state index in [1.807, 2.05) is 0 Å². The third kappa shape index (κ3) is 6.94. The van der Waals surface area contributed by atoms with Crippen molar-refractivity contribution >= 4 is 11.8 Å². The Morgan fingerprint density at radius 2 is 1.60 bits per heavy atom. The molecule has 1 fully saturated rings. The molecule has 1 heterocycles. The van der Waals surface area contributed by atoms with E-state index < -0.39 is 0 Å². The highest BCUT2D eigenvalue weighted by atomic mass is 16.2. The van der Waals surface area contributed by atoms with Crippen molar-refractivity contribution in [3.8, 4) is 0 Å². The van der Waals surface area contributed by atoms with Crippen LogP contribution in [0.25, 0.3) is 0 Å². The Morgan fingerprint density at radius 3 is 1.70 bits per heavy atom. The van der Waals surface area contributed by atoms with E-state index in [0.717, 1.165) is 13.1 Å². The molecule has 1 saturated heterocycles. The second-order valence-electron chi connectivity index (χ2n) is 2.09. The SMILES string of the molecule is CC(C)=O.O=C1NCCN1. The molecule has 1 aliphatic rings. The Morgan fingerprint density at radius 1 is 1.30 bits per heavy atom. The first-order valence-corrected chi connectivity index (χ1v) is 3.12. The van der Waals surface area contributed by atoms with Crippen LogP contribution in [0, 0.1) is 0 Å². The van der Waals surface area contributed by atoms with Gasteiger partial charge in [-0.25, -0.2) is 4.79 Å². The Balaban J connectivity index is 0.000000180. The lowest BCUT2D eigenvalue weighted by molar-refractivity contribution is -0.114. The van der Waals surface area contributed by atoms with Gasteiger partial charge < -0.3 is 15.4 Å². The Hall–Kier alpha value is -1.06. The second kappa shape index (κ2) is 4.78. The highest BCUT2D eigenvalue weighted by Crippen LogP contribution is 1.69. The minimum atomic E-state index is -0.0463. The van der Waals surface area contributed by atoms with E-state index in [0.29, 0.717) is 0 Å². The van der Waals surface area contributed by atoms with E-state index in [1.54, 1.807) is 0 Å². The van der Waals surface area contributed by atoms with Crippen LogP contribution in [0.1, 0.15) is 13.8 Å². The van der Waals surface area contributed by atoms with Gasteiger partial charge in [0.25, 0.3) is 0 Å². The molecule has 0 aromatic rings. The number of Topliss-reactive ketones (excluding diaryl/α,β-unsaturated/α-hetero) is 1. The molecule has 10 heavy (non-hydrogen) atoms. The molecule has 0 spiro atoms. The zero-order chi connectivity index (χ0) is 7.98. The maximum atomic E-state index is 10.0. The van der Waals surface area contributed by atoms with Crippen molar-refractivity contribution in [2.75, 3.05) is 13.1 Å². The Bertz CT molecular complexity index is 122. The highest BCUT2D eigenvalue weighted by molar-refractivity contribution is 5.75. The lowest BCUT2D eigenvalue weighted by Gasteiger charge is -1.80. The van der Waals surface area contributed by atoms with E-state index in [-0.39, 0.29) is 11.8 Å². The van der Waals surface area contributed by atoms with Gasteiger partial charge in [0.1, 0.15) is 5.78 Å². The summed E-state index contributed by atoms with van der Waals surface area (Å²) >= 11 is 0. The Kier molecular flexibility index (Phi) is 4.28. The van der Waals surface area contributed by atoms with Gasteiger partial charge in [-0.05, 0) is 13.8 Å². The Labute approximate surface area is 60.0 Å². The summed E-state index contributed by atoms with van der Waals surface area (Å²) in [6, 6.07) is -0.0463. The number of nitrogens with one attached hydrogen (secondary N) is 2. The fourth-order valence-corrected chi connectivity index (χ4v) is 0.415. The van der Waals surface area contributed by atoms with Gasteiger partial charge in [-0.2, -0.15) is 0 Å². The number of rotatable bonds is 0. The van der Waals surface area contributed by atoms with Gasteiger partial charge >= 0.3 is 6.03 Å². The minimum absolute atomic E-state index is 0.0463. The van der Waals surface area contributed by atoms with Crippen molar-refractivity contribution < 1.29 is 9.59 Å². The highest BCUT2D eigenvalue weighted by Gasteiger charge is 2.02. The van der Waals surface area contributed by atoms with Crippen LogP contribution in [0.15, 0.2) is 0 Å². The summed E-state index contributed by atoms with van der Waals surface area (Å²) in [7, 11) is 0. The van der Waals surface area contributed by atoms with E-state index in [2.05, 4.69) is 10.6 Å². The summed E-state index contributed by atoms with van der Waals surface area (Å²) in [5.74, 6) is 0.167. The van der Waals surface area contributed by atoms with Gasteiger partial charge in [-0.3, -0.25) is 0 Å². The molecular formula is C6H12N2O2. The van der Waals surface area contributed by atoms with Gasteiger partial charge in [-0.15, -0.1) is 0 Å². The average molecular weight is 144 g/mol. The van der Waals surface area contributed by atoms with Crippen LogP contribution in [0.5, 0.6) is 0 Å². The van der Waals surface area contributed by atoms with Crippen LogP contribution >= 0.6 is 0 Å². The van der Waals surface area contributed by atoms with Crippen LogP contribution < -0.4 is 10.6 Å². The molecule has 0 unspecified atom stereocenters. The number of hydrogen-bond acceptors (Lipinski definition) is 2. The number of hydrogen-bond donors (Lipinski definition) is 2. The quantitative estimate of drug-likeness (QED) is 0.498. The molecule has 1 aliphatic heterocycles. The van der Waals surface area contributed by atoms with Gasteiger partial charge in [0.2, 0.25) is 0 Å². The van der Waals surface area contributed by atoms with E-state index >= 15 is 0 Å². The molecule has 0 radical (unpaired) electrons. The second-order valence-corrected chi connectivity index (χ2v) is 2.09. The molecule has 0 aromatic heterocycles. The summed E-state index contributed by atoms with van der Waals surface area (Å²) < 4.78 is 0. The molecule has 4 nitrogen and oxygen atoms in total. The standard InChI is InChI=1S/C3H6N2O.C3H6O/c6-3-4-1-2-5-3;1-3(2)4/h1-2H2,(H2,4,5,6);1-2H3. The van der Waals surface area contributed by atoms with Gasteiger partial charge in [0.15, 0.2) is 0 Å². The van der Waals surface area contributed by atoms with Gasteiger partial charge in [0, 0.05) is 13.1 Å². The van der Waals surface area contributed by atoms with Crippen LogP contribution in [0.3, 0.4) is 0 Å². The van der Waals surface area contributed by atoms with Crippen molar-refractivity contribution in [2.24, 2.45) is 0 Å². The molecule has 1 rings (SSSR count). The molecule has 0 saturated carbocycles. The number of ketones is 1. The first kappa shape index (κ1) is 8.94. The van der Waals surface area contributed by atoms with Crippen LogP contribution in [0.4, 0.5) is 4.79 Å². The summed E-state index contributed by atoms with van der Waals surface area (Å²) in [6.45, 7) is 4.61. The molecule has 2 amide bonds. The molecule has 0 aliphatic carbocycles. The number of carbonyl (C=O) groups is 2. The van der Waals surface area contributed by atoms with Crippen molar-refractivity contribution in [1.82, 2.24) is 10.6 Å². The monoisotopic (exact) mass is 144 g/mol. The summed E-state index contributed by atoms with van der Waals surface area (Å²) in [6.07, 6.45) is 0. The van der Waals surface area contributed by atoms with Crippen LogP contribution in [0.2, 0.25) is 0 Å². The van der Waals surface area contributed by atoms with Crippen molar-refractivity contribution in [3.63, 3.8) is 0 Å². The summed E-state index contributed by atoms with van der Waals surface area (Å²) in [4.78, 5) is 19.5. The first-order valence-electron chi connectivity index (χ1n) is 3.12. The molecule has 2 N–H and O–H groups in total. The maximum absolute atomic E-state index is 10.0. The molecule has 58 valence electrons. The zero-order valence-corrected chi connectivity index (χ0v) is 6.23. The van der Waals surface area contributed by atoms with Gasteiger partial charge in [0.05, 0.1) is 0 Å². The lowest BCUT2D eigenvalue weighted by atomic mass is 10.6. The normalized spacial score (nSPS) is 14.4. The third-order valence-electron chi connectivity index (χ3n) is 0.696. The fraction of sp³-hybridized carbons (Fsp3) is 0.667.